The SMILES string of the molecule is CCC1(CNCc2ccccc2)OCCc2ccccc21. The molecule has 0 aromatic heterocycles. The number of benzene rings is 2. The Morgan fingerprint density at radius 2 is 1.81 bits per heavy atom. The molecule has 1 unspecified atom stereocenters. The molecule has 0 radical (unpaired) electrons. The van der Waals surface area contributed by atoms with Crippen LogP contribution in [0.2, 0.25) is 0 Å². The summed E-state index contributed by atoms with van der Waals surface area (Å²) in [6.07, 6.45) is 2.02. The Morgan fingerprint density at radius 3 is 2.62 bits per heavy atom. The molecule has 0 bridgehead atoms. The second-order valence-electron chi connectivity index (χ2n) is 5.69. The third-order valence-electron chi connectivity index (χ3n) is 4.41. The number of rotatable bonds is 5. The number of ether oxygens (including phenoxy) is 1. The van der Waals surface area contributed by atoms with Crippen LogP contribution in [0.4, 0.5) is 0 Å². The molecular weight excluding hydrogens is 258 g/mol. The Balaban J connectivity index is 1.73. The number of hydrogen-bond donors (Lipinski definition) is 1. The monoisotopic (exact) mass is 281 g/mol. The fourth-order valence-electron chi connectivity index (χ4n) is 3.19. The zero-order valence-corrected chi connectivity index (χ0v) is 12.6. The van der Waals surface area contributed by atoms with Gasteiger partial charge >= 0.3 is 0 Å². The average Bonchev–Trinajstić information content (AvgIpc) is 2.56. The fourth-order valence-corrected chi connectivity index (χ4v) is 3.19. The first-order valence-corrected chi connectivity index (χ1v) is 7.81. The van der Waals surface area contributed by atoms with Gasteiger partial charge in [-0.05, 0) is 29.5 Å². The van der Waals surface area contributed by atoms with Crippen molar-refractivity contribution in [3.8, 4) is 0 Å². The Bertz CT molecular complexity index is 581. The van der Waals surface area contributed by atoms with Crippen LogP contribution in [0.15, 0.2) is 54.6 Å². The Morgan fingerprint density at radius 1 is 1.05 bits per heavy atom. The van der Waals surface area contributed by atoms with Crippen LogP contribution in [0.25, 0.3) is 0 Å². The molecule has 21 heavy (non-hydrogen) atoms. The number of nitrogens with one attached hydrogen (secondary N) is 1. The maximum atomic E-state index is 6.22. The molecule has 0 spiro atoms. The van der Waals surface area contributed by atoms with Crippen LogP contribution in [0.1, 0.15) is 30.0 Å². The number of hydrogen-bond acceptors (Lipinski definition) is 2. The molecule has 1 aliphatic rings. The minimum absolute atomic E-state index is 0.177. The molecule has 1 atom stereocenters. The van der Waals surface area contributed by atoms with Gasteiger partial charge in [0.1, 0.15) is 5.60 Å². The van der Waals surface area contributed by atoms with E-state index in [4.69, 9.17) is 4.74 Å². The van der Waals surface area contributed by atoms with Crippen LogP contribution in [0, 0.1) is 0 Å². The lowest BCUT2D eigenvalue weighted by Gasteiger charge is -2.39. The summed E-state index contributed by atoms with van der Waals surface area (Å²) < 4.78 is 6.22. The second kappa shape index (κ2) is 6.42. The second-order valence-corrected chi connectivity index (χ2v) is 5.69. The summed E-state index contributed by atoms with van der Waals surface area (Å²) in [7, 11) is 0. The molecule has 1 aliphatic heterocycles. The first-order valence-electron chi connectivity index (χ1n) is 7.81. The molecule has 0 fully saturated rings. The molecule has 110 valence electrons. The van der Waals surface area contributed by atoms with Crippen molar-refractivity contribution in [1.82, 2.24) is 5.32 Å². The Labute approximate surface area is 127 Å². The summed E-state index contributed by atoms with van der Waals surface area (Å²) in [6, 6.07) is 19.2. The molecule has 2 nitrogen and oxygen atoms in total. The third kappa shape index (κ3) is 3.02. The van der Waals surface area contributed by atoms with Crippen molar-refractivity contribution in [2.75, 3.05) is 13.2 Å². The zero-order chi connectivity index (χ0) is 14.5. The van der Waals surface area contributed by atoms with Gasteiger partial charge in [-0.1, -0.05) is 61.5 Å². The highest BCUT2D eigenvalue weighted by atomic mass is 16.5. The minimum atomic E-state index is -0.177. The van der Waals surface area contributed by atoms with Gasteiger partial charge in [-0.15, -0.1) is 0 Å². The van der Waals surface area contributed by atoms with E-state index in [0.29, 0.717) is 0 Å². The molecule has 3 rings (SSSR count). The normalized spacial score (nSPS) is 21.0. The van der Waals surface area contributed by atoms with Crippen LogP contribution in [-0.2, 0) is 23.3 Å². The van der Waals surface area contributed by atoms with E-state index >= 15 is 0 Å². The predicted octanol–water partition coefficient (Wildman–Crippen LogP) is 3.65. The lowest BCUT2D eigenvalue weighted by atomic mass is 9.84. The van der Waals surface area contributed by atoms with Crippen molar-refractivity contribution in [3.63, 3.8) is 0 Å². The Kier molecular flexibility index (Phi) is 4.37. The summed E-state index contributed by atoms with van der Waals surface area (Å²) in [4.78, 5) is 0. The van der Waals surface area contributed by atoms with E-state index < -0.39 is 0 Å². The fraction of sp³-hybridized carbons (Fsp3) is 0.368. The van der Waals surface area contributed by atoms with Crippen molar-refractivity contribution < 1.29 is 4.74 Å². The molecule has 0 saturated heterocycles. The smallest absolute Gasteiger partial charge is 0.105 e. The van der Waals surface area contributed by atoms with Gasteiger partial charge in [0.25, 0.3) is 0 Å². The van der Waals surface area contributed by atoms with E-state index in [2.05, 4.69) is 66.8 Å². The van der Waals surface area contributed by atoms with E-state index in [9.17, 15) is 0 Å². The van der Waals surface area contributed by atoms with Gasteiger partial charge in [0.2, 0.25) is 0 Å². The van der Waals surface area contributed by atoms with E-state index in [1.165, 1.54) is 16.7 Å². The molecule has 0 amide bonds. The highest BCUT2D eigenvalue weighted by Gasteiger charge is 2.35. The lowest BCUT2D eigenvalue weighted by molar-refractivity contribution is -0.0621. The van der Waals surface area contributed by atoms with E-state index in [-0.39, 0.29) is 5.60 Å². The van der Waals surface area contributed by atoms with Gasteiger partial charge in [0.05, 0.1) is 6.61 Å². The summed E-state index contributed by atoms with van der Waals surface area (Å²) in [5.74, 6) is 0. The quantitative estimate of drug-likeness (QED) is 0.903. The highest BCUT2D eigenvalue weighted by molar-refractivity contribution is 5.35. The molecular formula is C19H23NO. The molecule has 2 aromatic carbocycles. The van der Waals surface area contributed by atoms with Gasteiger partial charge in [0.15, 0.2) is 0 Å². The molecule has 1 heterocycles. The van der Waals surface area contributed by atoms with Crippen LogP contribution in [0.5, 0.6) is 0 Å². The van der Waals surface area contributed by atoms with Crippen molar-refractivity contribution >= 4 is 0 Å². The van der Waals surface area contributed by atoms with E-state index in [0.717, 1.165) is 32.5 Å². The van der Waals surface area contributed by atoms with Crippen LogP contribution in [-0.4, -0.2) is 13.2 Å². The maximum Gasteiger partial charge on any atom is 0.105 e. The predicted molar refractivity (Wildman–Crippen MR) is 86.2 cm³/mol. The lowest BCUT2D eigenvalue weighted by Crippen LogP contribution is -2.43. The molecule has 1 N–H and O–H groups in total. The summed E-state index contributed by atoms with van der Waals surface area (Å²) in [5.41, 5.74) is 3.93. The van der Waals surface area contributed by atoms with Gasteiger partial charge in [-0.2, -0.15) is 0 Å². The summed E-state index contributed by atoms with van der Waals surface area (Å²) in [5, 5.41) is 3.58. The zero-order valence-electron chi connectivity index (χ0n) is 12.6. The summed E-state index contributed by atoms with van der Waals surface area (Å²) in [6.45, 7) is 4.77. The number of fused-ring (bicyclic) bond motifs is 1. The molecule has 0 aliphatic carbocycles. The first kappa shape index (κ1) is 14.3. The standard InChI is InChI=1S/C19H23NO/c1-2-19(15-20-14-16-8-4-3-5-9-16)18-11-7-6-10-17(18)12-13-21-19/h3-11,20H,2,12-15H2,1H3. The van der Waals surface area contributed by atoms with Crippen molar-refractivity contribution in [3.05, 3.63) is 71.3 Å². The maximum absolute atomic E-state index is 6.22. The Hall–Kier alpha value is -1.64. The van der Waals surface area contributed by atoms with Crippen molar-refractivity contribution in [1.29, 1.82) is 0 Å². The molecule has 2 aromatic rings. The largest absolute Gasteiger partial charge is 0.369 e. The van der Waals surface area contributed by atoms with Crippen LogP contribution >= 0.6 is 0 Å². The average molecular weight is 281 g/mol. The highest BCUT2D eigenvalue weighted by Crippen LogP contribution is 2.35. The third-order valence-corrected chi connectivity index (χ3v) is 4.41. The van der Waals surface area contributed by atoms with Crippen molar-refractivity contribution in [2.45, 2.75) is 31.9 Å². The van der Waals surface area contributed by atoms with Crippen molar-refractivity contribution in [2.24, 2.45) is 0 Å². The molecule has 2 heteroatoms. The minimum Gasteiger partial charge on any atom is -0.369 e. The van der Waals surface area contributed by atoms with E-state index in [1.807, 2.05) is 0 Å². The topological polar surface area (TPSA) is 21.3 Å². The van der Waals surface area contributed by atoms with E-state index in [1.54, 1.807) is 0 Å². The van der Waals surface area contributed by atoms with Gasteiger partial charge < -0.3 is 10.1 Å². The van der Waals surface area contributed by atoms with Gasteiger partial charge in [0, 0.05) is 13.1 Å². The van der Waals surface area contributed by atoms with Crippen LogP contribution < -0.4 is 5.32 Å². The van der Waals surface area contributed by atoms with Gasteiger partial charge in [-0.25, -0.2) is 0 Å². The van der Waals surface area contributed by atoms with Crippen LogP contribution in [0.3, 0.4) is 0 Å². The first-order chi connectivity index (χ1) is 10.3. The summed E-state index contributed by atoms with van der Waals surface area (Å²) >= 11 is 0. The molecule has 0 saturated carbocycles. The van der Waals surface area contributed by atoms with Gasteiger partial charge in [-0.3, -0.25) is 0 Å².